The zero-order valence-corrected chi connectivity index (χ0v) is 9.53. The minimum absolute atomic E-state index is 0.0439. The molecule has 0 aliphatic heterocycles. The van der Waals surface area contributed by atoms with Crippen molar-refractivity contribution in [2.75, 3.05) is 0 Å². The maximum absolute atomic E-state index is 11.3. The summed E-state index contributed by atoms with van der Waals surface area (Å²) in [6.45, 7) is 7.98. The average molecular weight is 208 g/mol. The van der Waals surface area contributed by atoms with Crippen molar-refractivity contribution in [3.05, 3.63) is 45.3 Å². The first-order valence-corrected chi connectivity index (χ1v) is 4.70. The van der Waals surface area contributed by atoms with Crippen molar-refractivity contribution in [1.82, 2.24) is 0 Å². The lowest BCUT2D eigenvalue weighted by atomic mass is 9.83. The van der Waals surface area contributed by atoms with Crippen LogP contribution < -0.4 is 0 Å². The number of hydrogen-bond acceptors (Lipinski definition) is 3. The maximum atomic E-state index is 11.3. The molecular formula is C12H16O3. The molecule has 0 atom stereocenters. The van der Waals surface area contributed by atoms with Crippen molar-refractivity contribution in [2.24, 2.45) is 0 Å². The van der Waals surface area contributed by atoms with Gasteiger partial charge in [-0.2, -0.15) is 0 Å². The third kappa shape index (κ3) is 3.62. The van der Waals surface area contributed by atoms with Gasteiger partial charge in [0.15, 0.2) is 5.78 Å². The first kappa shape index (κ1) is 13.5. The summed E-state index contributed by atoms with van der Waals surface area (Å²) in [5.41, 5.74) is 2.01. The summed E-state index contributed by atoms with van der Waals surface area (Å²) in [6, 6.07) is 7.80. The standard InChI is InChI=1S/C12H16O.O2/c1-9(13)10-7-5-6-8-11(10)12(2,3)4;1-2/h5-8H,1-4H3;. The molecule has 3 nitrogen and oxygen atoms in total. The predicted octanol–water partition coefficient (Wildman–Crippen LogP) is 3.25. The van der Waals surface area contributed by atoms with Crippen LogP contribution in [0, 0.1) is 9.93 Å². The predicted molar refractivity (Wildman–Crippen MR) is 61.9 cm³/mol. The number of hydrogen-bond donors (Lipinski definition) is 0. The highest BCUT2D eigenvalue weighted by atomic mass is 16.7. The molecule has 0 saturated carbocycles. The van der Waals surface area contributed by atoms with Gasteiger partial charge in [0.2, 0.25) is 0 Å². The van der Waals surface area contributed by atoms with Crippen LogP contribution in [0.1, 0.15) is 43.6 Å². The molecule has 0 aliphatic carbocycles. The minimum atomic E-state index is 0.0439. The Hall–Kier alpha value is -1.51. The number of benzene rings is 1. The van der Waals surface area contributed by atoms with E-state index in [1.807, 2.05) is 24.3 Å². The molecule has 1 aromatic rings. The van der Waals surface area contributed by atoms with Gasteiger partial charge in [-0.15, -0.1) is 0 Å². The maximum Gasteiger partial charge on any atom is 0.160 e. The second kappa shape index (κ2) is 5.39. The first-order chi connectivity index (χ1) is 6.93. The quantitative estimate of drug-likeness (QED) is 0.665. The molecule has 1 aromatic carbocycles. The molecule has 0 saturated heterocycles. The van der Waals surface area contributed by atoms with Gasteiger partial charge in [-0.05, 0) is 17.9 Å². The molecule has 0 aromatic heterocycles. The van der Waals surface area contributed by atoms with E-state index in [9.17, 15) is 4.79 Å². The zero-order valence-electron chi connectivity index (χ0n) is 9.53. The Morgan fingerprint density at radius 3 is 1.87 bits per heavy atom. The summed E-state index contributed by atoms with van der Waals surface area (Å²) in [5.74, 6) is 0.144. The molecule has 0 heterocycles. The molecule has 0 spiro atoms. The average Bonchev–Trinajstić information content (AvgIpc) is 2.19. The van der Waals surface area contributed by atoms with Gasteiger partial charge >= 0.3 is 0 Å². The monoisotopic (exact) mass is 208 g/mol. The van der Waals surface area contributed by atoms with Gasteiger partial charge in [0.1, 0.15) is 0 Å². The molecule has 0 fully saturated rings. The third-order valence-corrected chi connectivity index (χ3v) is 2.11. The van der Waals surface area contributed by atoms with Crippen LogP contribution in [0.25, 0.3) is 0 Å². The van der Waals surface area contributed by atoms with Gasteiger partial charge in [0, 0.05) is 15.5 Å². The lowest BCUT2D eigenvalue weighted by Crippen LogP contribution is -2.15. The van der Waals surface area contributed by atoms with Crippen molar-refractivity contribution in [3.8, 4) is 0 Å². The summed E-state index contributed by atoms with van der Waals surface area (Å²) < 4.78 is 0. The van der Waals surface area contributed by atoms with Gasteiger partial charge in [-0.1, -0.05) is 45.0 Å². The van der Waals surface area contributed by atoms with E-state index in [0.29, 0.717) is 0 Å². The summed E-state index contributed by atoms with van der Waals surface area (Å²) >= 11 is 0. The lowest BCUT2D eigenvalue weighted by Gasteiger charge is -2.21. The molecule has 15 heavy (non-hydrogen) atoms. The fraction of sp³-hybridized carbons (Fsp3) is 0.417. The highest BCUT2D eigenvalue weighted by Crippen LogP contribution is 2.25. The second-order valence-corrected chi connectivity index (χ2v) is 4.35. The Morgan fingerprint density at radius 1 is 1.07 bits per heavy atom. The van der Waals surface area contributed by atoms with E-state index in [1.165, 1.54) is 0 Å². The zero-order chi connectivity index (χ0) is 12.1. The number of ketones is 1. The molecule has 0 radical (unpaired) electrons. The lowest BCUT2D eigenvalue weighted by molar-refractivity contribution is 0.101. The van der Waals surface area contributed by atoms with Crippen LogP contribution in [0.5, 0.6) is 0 Å². The minimum Gasteiger partial charge on any atom is -0.295 e. The highest BCUT2D eigenvalue weighted by molar-refractivity contribution is 5.95. The molecule has 0 bridgehead atoms. The van der Waals surface area contributed by atoms with Crippen LogP contribution in [0.3, 0.4) is 0 Å². The van der Waals surface area contributed by atoms with E-state index in [2.05, 4.69) is 20.8 Å². The van der Waals surface area contributed by atoms with Crippen LogP contribution in [-0.2, 0) is 5.41 Å². The highest BCUT2D eigenvalue weighted by Gasteiger charge is 2.18. The van der Waals surface area contributed by atoms with E-state index in [-0.39, 0.29) is 11.2 Å². The fourth-order valence-corrected chi connectivity index (χ4v) is 1.44. The van der Waals surface area contributed by atoms with Gasteiger partial charge < -0.3 is 0 Å². The molecule has 0 amide bonds. The van der Waals surface area contributed by atoms with Gasteiger partial charge in [0.25, 0.3) is 0 Å². The summed E-state index contributed by atoms with van der Waals surface area (Å²) in [5, 5.41) is 0. The van der Waals surface area contributed by atoms with Crippen molar-refractivity contribution in [2.45, 2.75) is 33.1 Å². The van der Waals surface area contributed by atoms with E-state index in [4.69, 9.17) is 9.93 Å². The molecule has 0 N–H and O–H groups in total. The number of carbonyl (C=O) groups is 1. The topological polar surface area (TPSA) is 51.2 Å². The van der Waals surface area contributed by atoms with Crippen LogP contribution in [0.4, 0.5) is 0 Å². The van der Waals surface area contributed by atoms with Crippen LogP contribution >= 0.6 is 0 Å². The Labute approximate surface area is 89.7 Å². The van der Waals surface area contributed by atoms with E-state index >= 15 is 0 Å². The van der Waals surface area contributed by atoms with Gasteiger partial charge in [0.05, 0.1) is 0 Å². The van der Waals surface area contributed by atoms with E-state index in [1.54, 1.807) is 6.92 Å². The van der Waals surface area contributed by atoms with Crippen molar-refractivity contribution in [3.63, 3.8) is 0 Å². The van der Waals surface area contributed by atoms with Crippen molar-refractivity contribution < 1.29 is 4.79 Å². The Balaban J connectivity index is 0.000000921. The van der Waals surface area contributed by atoms with Crippen LogP contribution in [0.15, 0.2) is 24.3 Å². The Bertz CT molecular complexity index is 337. The number of Topliss-reactive ketones (excluding diaryl/α,β-unsaturated/α-hetero) is 1. The molecule has 0 aliphatic rings. The largest absolute Gasteiger partial charge is 0.295 e. The first-order valence-electron chi connectivity index (χ1n) is 4.70. The molecule has 1 rings (SSSR count). The van der Waals surface area contributed by atoms with Crippen LogP contribution in [0.2, 0.25) is 0 Å². The van der Waals surface area contributed by atoms with Crippen molar-refractivity contribution in [1.29, 1.82) is 0 Å². The SMILES string of the molecule is CC(=O)c1ccccc1C(C)(C)C.O=O. The van der Waals surface area contributed by atoms with E-state index in [0.717, 1.165) is 11.1 Å². The van der Waals surface area contributed by atoms with Crippen molar-refractivity contribution >= 4 is 5.78 Å². The summed E-state index contributed by atoms with van der Waals surface area (Å²) in [6.07, 6.45) is 0. The number of carbonyl (C=O) groups excluding carboxylic acids is 1. The van der Waals surface area contributed by atoms with Crippen LogP contribution in [-0.4, -0.2) is 5.78 Å². The summed E-state index contributed by atoms with van der Waals surface area (Å²) in [4.78, 5) is 25.3. The van der Waals surface area contributed by atoms with Gasteiger partial charge in [-0.25, -0.2) is 0 Å². The molecule has 0 unspecified atom stereocenters. The molecular weight excluding hydrogens is 192 g/mol. The Morgan fingerprint density at radius 2 is 1.53 bits per heavy atom. The van der Waals surface area contributed by atoms with E-state index < -0.39 is 0 Å². The number of rotatable bonds is 1. The fourth-order valence-electron chi connectivity index (χ4n) is 1.44. The van der Waals surface area contributed by atoms with Gasteiger partial charge in [-0.3, -0.25) is 4.79 Å². The third-order valence-electron chi connectivity index (χ3n) is 2.11. The second-order valence-electron chi connectivity index (χ2n) is 4.35. The molecule has 82 valence electrons. The summed E-state index contributed by atoms with van der Waals surface area (Å²) in [7, 11) is 0. The Kier molecular flexibility index (Phi) is 4.85. The smallest absolute Gasteiger partial charge is 0.160 e. The molecule has 3 heteroatoms. The normalized spacial score (nSPS) is 10.1.